The molecular weight excluding hydrogens is 379 g/mol. The summed E-state index contributed by atoms with van der Waals surface area (Å²) >= 11 is 11.7. The Hall–Kier alpha value is -1.99. The largest absolute Gasteiger partial charge is 0.384 e. The van der Waals surface area contributed by atoms with E-state index in [1.165, 1.54) is 12.5 Å². The number of hydrogen-bond donors (Lipinski definition) is 3. The van der Waals surface area contributed by atoms with Gasteiger partial charge in [0.05, 0.1) is 16.5 Å². The zero-order valence-corrected chi connectivity index (χ0v) is 15.8. The number of nitrogens with two attached hydrogens (primary N) is 1. The second-order valence-electron chi connectivity index (χ2n) is 6.11. The minimum Gasteiger partial charge on any atom is -0.384 e. The van der Waals surface area contributed by atoms with Gasteiger partial charge in [-0.3, -0.25) is 9.59 Å². The normalized spacial score (nSPS) is 15.4. The van der Waals surface area contributed by atoms with Gasteiger partial charge in [-0.15, -0.1) is 0 Å². The summed E-state index contributed by atoms with van der Waals surface area (Å²) in [6.07, 6.45) is 5.40. The fraction of sp³-hybridized carbons (Fsp3) is 0.471. The Bertz CT molecular complexity index is 676. The molecule has 0 bridgehead atoms. The van der Waals surface area contributed by atoms with Crippen LogP contribution in [0, 0.1) is 0 Å². The molecule has 1 fully saturated rings. The van der Waals surface area contributed by atoms with Crippen molar-refractivity contribution >= 4 is 46.5 Å². The Balaban J connectivity index is 1.69. The standard InChI is InChI=1S/C17H22Cl2N4O3/c18-13-7-6-12(8-14(13)19)22-17(25)10-26-23-15(20)9-16(24)21-11-4-2-1-3-5-11/h6-8,11H,1-5,9-10H2,(H2,20,23)(H,21,24)(H,22,25). The quantitative estimate of drug-likeness (QED) is 0.371. The fourth-order valence-electron chi connectivity index (χ4n) is 2.67. The van der Waals surface area contributed by atoms with Gasteiger partial charge in [0.15, 0.2) is 6.61 Å². The Morgan fingerprint density at radius 1 is 1.15 bits per heavy atom. The number of halogens is 2. The fourth-order valence-corrected chi connectivity index (χ4v) is 2.97. The summed E-state index contributed by atoms with van der Waals surface area (Å²) in [5.74, 6) is -0.616. The molecular formula is C17H22Cl2N4O3. The smallest absolute Gasteiger partial charge is 0.265 e. The first-order valence-corrected chi connectivity index (χ1v) is 9.18. The molecule has 7 nitrogen and oxygen atoms in total. The maximum absolute atomic E-state index is 11.9. The average Bonchev–Trinajstić information content (AvgIpc) is 2.59. The van der Waals surface area contributed by atoms with Crippen molar-refractivity contribution in [3.05, 3.63) is 28.2 Å². The number of carbonyl (C=O) groups excluding carboxylic acids is 2. The van der Waals surface area contributed by atoms with Crippen LogP contribution in [-0.2, 0) is 14.4 Å². The van der Waals surface area contributed by atoms with Gasteiger partial charge < -0.3 is 21.2 Å². The predicted octanol–water partition coefficient (Wildman–Crippen LogP) is 3.06. The number of hydrogen-bond acceptors (Lipinski definition) is 4. The molecule has 9 heteroatoms. The van der Waals surface area contributed by atoms with Crippen molar-refractivity contribution in [2.24, 2.45) is 10.9 Å². The third kappa shape index (κ3) is 7.09. The van der Waals surface area contributed by atoms with Gasteiger partial charge in [-0.05, 0) is 31.0 Å². The Morgan fingerprint density at radius 2 is 1.88 bits per heavy atom. The lowest BCUT2D eigenvalue weighted by molar-refractivity contribution is -0.121. The Morgan fingerprint density at radius 3 is 2.58 bits per heavy atom. The van der Waals surface area contributed by atoms with Crippen molar-refractivity contribution in [1.82, 2.24) is 5.32 Å². The first-order valence-electron chi connectivity index (χ1n) is 8.42. The Labute approximate surface area is 162 Å². The molecule has 1 aromatic rings. The molecule has 0 heterocycles. The van der Waals surface area contributed by atoms with Crippen LogP contribution in [0.15, 0.2) is 23.4 Å². The van der Waals surface area contributed by atoms with Crippen LogP contribution in [0.1, 0.15) is 38.5 Å². The molecule has 2 rings (SSSR count). The minimum absolute atomic E-state index is 0.0145. The van der Waals surface area contributed by atoms with Gasteiger partial charge in [0.1, 0.15) is 5.84 Å². The van der Waals surface area contributed by atoms with Crippen LogP contribution in [0.2, 0.25) is 10.0 Å². The molecule has 26 heavy (non-hydrogen) atoms. The average molecular weight is 401 g/mol. The van der Waals surface area contributed by atoms with E-state index in [0.717, 1.165) is 25.7 Å². The second kappa shape index (κ2) is 10.2. The number of amides is 2. The SMILES string of the molecule is N/C(CC(=O)NC1CCCCC1)=N/OCC(=O)Nc1ccc(Cl)c(Cl)c1. The van der Waals surface area contributed by atoms with Crippen molar-refractivity contribution in [2.75, 3.05) is 11.9 Å². The highest BCUT2D eigenvalue weighted by Crippen LogP contribution is 2.24. The Kier molecular flexibility index (Phi) is 8.00. The lowest BCUT2D eigenvalue weighted by Gasteiger charge is -2.22. The molecule has 0 aromatic heterocycles. The van der Waals surface area contributed by atoms with Crippen LogP contribution in [0.4, 0.5) is 5.69 Å². The molecule has 1 saturated carbocycles. The van der Waals surface area contributed by atoms with E-state index in [0.29, 0.717) is 15.7 Å². The van der Waals surface area contributed by atoms with E-state index in [1.807, 2.05) is 0 Å². The van der Waals surface area contributed by atoms with E-state index in [2.05, 4.69) is 15.8 Å². The highest BCUT2D eigenvalue weighted by atomic mass is 35.5. The molecule has 0 spiro atoms. The van der Waals surface area contributed by atoms with E-state index in [-0.39, 0.29) is 30.8 Å². The van der Waals surface area contributed by atoms with Crippen molar-refractivity contribution in [3.63, 3.8) is 0 Å². The van der Waals surface area contributed by atoms with Gasteiger partial charge in [-0.25, -0.2) is 0 Å². The number of nitrogens with one attached hydrogen (secondary N) is 2. The summed E-state index contributed by atoms with van der Waals surface area (Å²) in [6, 6.07) is 4.91. The van der Waals surface area contributed by atoms with Gasteiger partial charge >= 0.3 is 0 Å². The lowest BCUT2D eigenvalue weighted by atomic mass is 9.95. The van der Waals surface area contributed by atoms with Gasteiger partial charge in [-0.2, -0.15) is 0 Å². The molecule has 1 aliphatic rings. The lowest BCUT2D eigenvalue weighted by Crippen LogP contribution is -2.38. The molecule has 142 valence electrons. The summed E-state index contributed by atoms with van der Waals surface area (Å²) in [5.41, 5.74) is 6.14. The third-order valence-electron chi connectivity index (χ3n) is 3.89. The van der Waals surface area contributed by atoms with Crippen molar-refractivity contribution in [1.29, 1.82) is 0 Å². The molecule has 0 atom stereocenters. The predicted molar refractivity (Wildman–Crippen MR) is 102 cm³/mol. The first-order chi connectivity index (χ1) is 12.4. The maximum Gasteiger partial charge on any atom is 0.265 e. The molecule has 1 aliphatic carbocycles. The monoisotopic (exact) mass is 400 g/mol. The third-order valence-corrected chi connectivity index (χ3v) is 4.63. The summed E-state index contributed by atoms with van der Waals surface area (Å²) in [6.45, 7) is -0.342. The molecule has 0 radical (unpaired) electrons. The number of benzene rings is 1. The van der Waals surface area contributed by atoms with Gasteiger partial charge in [0.2, 0.25) is 5.91 Å². The van der Waals surface area contributed by atoms with Crippen LogP contribution in [0.25, 0.3) is 0 Å². The van der Waals surface area contributed by atoms with Gasteiger partial charge in [0.25, 0.3) is 5.91 Å². The van der Waals surface area contributed by atoms with E-state index < -0.39 is 5.91 Å². The number of nitrogens with zero attached hydrogens (tertiary/aromatic N) is 1. The van der Waals surface area contributed by atoms with Crippen molar-refractivity contribution in [2.45, 2.75) is 44.6 Å². The highest BCUT2D eigenvalue weighted by molar-refractivity contribution is 6.42. The van der Waals surface area contributed by atoms with E-state index >= 15 is 0 Å². The molecule has 4 N–H and O–H groups in total. The maximum atomic E-state index is 11.9. The minimum atomic E-state index is -0.438. The number of rotatable bonds is 7. The van der Waals surface area contributed by atoms with Gasteiger partial charge in [0, 0.05) is 11.7 Å². The van der Waals surface area contributed by atoms with E-state index in [9.17, 15) is 9.59 Å². The molecule has 0 saturated heterocycles. The van der Waals surface area contributed by atoms with Crippen molar-refractivity contribution < 1.29 is 14.4 Å². The zero-order valence-electron chi connectivity index (χ0n) is 14.3. The first kappa shape index (κ1) is 20.3. The molecule has 0 aliphatic heterocycles. The van der Waals surface area contributed by atoms with Crippen molar-refractivity contribution in [3.8, 4) is 0 Å². The highest BCUT2D eigenvalue weighted by Gasteiger charge is 2.16. The molecule has 1 aromatic carbocycles. The molecule has 2 amide bonds. The number of amidine groups is 1. The van der Waals surface area contributed by atoms with Crippen LogP contribution in [0.5, 0.6) is 0 Å². The van der Waals surface area contributed by atoms with Gasteiger partial charge in [-0.1, -0.05) is 47.6 Å². The van der Waals surface area contributed by atoms with Crippen LogP contribution in [0.3, 0.4) is 0 Å². The van der Waals surface area contributed by atoms with Crippen LogP contribution >= 0.6 is 23.2 Å². The summed E-state index contributed by atoms with van der Waals surface area (Å²) in [7, 11) is 0. The second-order valence-corrected chi connectivity index (χ2v) is 6.93. The summed E-state index contributed by atoms with van der Waals surface area (Å²) in [4.78, 5) is 28.5. The number of anilines is 1. The number of oxime groups is 1. The molecule has 0 unspecified atom stereocenters. The van der Waals surface area contributed by atoms with E-state index in [1.54, 1.807) is 12.1 Å². The topological polar surface area (TPSA) is 106 Å². The van der Waals surface area contributed by atoms with Crippen LogP contribution < -0.4 is 16.4 Å². The van der Waals surface area contributed by atoms with E-state index in [4.69, 9.17) is 33.8 Å². The summed E-state index contributed by atoms with van der Waals surface area (Å²) in [5, 5.41) is 9.84. The zero-order chi connectivity index (χ0) is 18.9. The van der Waals surface area contributed by atoms with Crippen LogP contribution in [-0.4, -0.2) is 30.3 Å². The number of carbonyl (C=O) groups is 2. The summed E-state index contributed by atoms with van der Waals surface area (Å²) < 4.78 is 0.